The maximum Gasteiger partial charge on any atom is 0.305 e. The Morgan fingerprint density at radius 3 is 1.31 bits per heavy atom. The molecule has 0 aromatic heterocycles. The Labute approximate surface area is 478 Å². The summed E-state index contributed by atoms with van der Waals surface area (Å²) in [6.45, 7) is 4.31. The van der Waals surface area contributed by atoms with Crippen LogP contribution in [0.1, 0.15) is 303 Å². The van der Waals surface area contributed by atoms with Gasteiger partial charge in [-0.25, -0.2) is 0 Å². The zero-order valence-electron chi connectivity index (χ0n) is 50.4. The molecule has 0 spiro atoms. The van der Waals surface area contributed by atoms with Crippen molar-refractivity contribution in [2.24, 2.45) is 0 Å². The van der Waals surface area contributed by atoms with Gasteiger partial charge in [-0.15, -0.1) is 0 Å². The largest absolute Gasteiger partial charge is 0.466 e. The number of aliphatic hydroxyl groups is 5. The Morgan fingerprint density at radius 1 is 0.474 bits per heavy atom. The summed E-state index contributed by atoms with van der Waals surface area (Å²) < 4.78 is 16.7. The molecular formula is C67H123NO10. The van der Waals surface area contributed by atoms with E-state index in [0.717, 1.165) is 83.5 Å². The first kappa shape index (κ1) is 73.6. The highest BCUT2D eigenvalue weighted by Crippen LogP contribution is 2.23. The minimum absolute atomic E-state index is 0.00924. The number of hydrogen-bond acceptors (Lipinski definition) is 10. The van der Waals surface area contributed by atoms with Crippen LogP contribution in [0.2, 0.25) is 0 Å². The van der Waals surface area contributed by atoms with Crippen LogP contribution < -0.4 is 5.32 Å². The third-order valence-corrected chi connectivity index (χ3v) is 15.4. The van der Waals surface area contributed by atoms with Gasteiger partial charge < -0.3 is 45.1 Å². The van der Waals surface area contributed by atoms with Crippen molar-refractivity contribution in [3.05, 3.63) is 48.6 Å². The summed E-state index contributed by atoms with van der Waals surface area (Å²) in [5.74, 6) is -0.199. The van der Waals surface area contributed by atoms with Gasteiger partial charge in [0.15, 0.2) is 6.29 Å². The van der Waals surface area contributed by atoms with Gasteiger partial charge in [0, 0.05) is 12.8 Å². The maximum atomic E-state index is 13.0. The van der Waals surface area contributed by atoms with Crippen LogP contribution in [0.5, 0.6) is 0 Å². The van der Waals surface area contributed by atoms with Gasteiger partial charge in [-0.05, 0) is 89.9 Å². The van der Waals surface area contributed by atoms with Gasteiger partial charge in [0.2, 0.25) is 5.91 Å². The van der Waals surface area contributed by atoms with Crippen molar-refractivity contribution in [2.75, 3.05) is 19.8 Å². The first-order chi connectivity index (χ1) is 38.2. The predicted octanol–water partition coefficient (Wildman–Crippen LogP) is 16.0. The van der Waals surface area contributed by atoms with Crippen LogP contribution in [0.15, 0.2) is 48.6 Å². The van der Waals surface area contributed by atoms with Gasteiger partial charge >= 0.3 is 5.97 Å². The van der Waals surface area contributed by atoms with Crippen molar-refractivity contribution in [3.8, 4) is 0 Å². The lowest BCUT2D eigenvalue weighted by molar-refractivity contribution is -0.302. The Kier molecular flexibility index (Phi) is 53.3. The van der Waals surface area contributed by atoms with Crippen LogP contribution in [0, 0.1) is 0 Å². The molecule has 11 nitrogen and oxygen atoms in total. The summed E-state index contributed by atoms with van der Waals surface area (Å²) in [5.41, 5.74) is 0. The molecule has 0 aliphatic carbocycles. The highest BCUT2D eigenvalue weighted by atomic mass is 16.7. The van der Waals surface area contributed by atoms with Crippen LogP contribution in [-0.2, 0) is 23.8 Å². The predicted molar refractivity (Wildman–Crippen MR) is 324 cm³/mol. The van der Waals surface area contributed by atoms with E-state index >= 15 is 0 Å². The van der Waals surface area contributed by atoms with Crippen molar-refractivity contribution in [1.29, 1.82) is 0 Å². The number of unbranched alkanes of at least 4 members (excludes halogenated alkanes) is 37. The molecule has 78 heavy (non-hydrogen) atoms. The number of esters is 1. The molecule has 0 aromatic rings. The molecule has 1 aliphatic rings. The molecule has 1 amide bonds. The summed E-state index contributed by atoms with van der Waals surface area (Å²) >= 11 is 0. The highest BCUT2D eigenvalue weighted by molar-refractivity contribution is 5.76. The first-order valence-electron chi connectivity index (χ1n) is 32.9. The number of allylic oxidation sites excluding steroid dienone is 7. The smallest absolute Gasteiger partial charge is 0.305 e. The van der Waals surface area contributed by atoms with Gasteiger partial charge in [-0.2, -0.15) is 0 Å². The topological polar surface area (TPSA) is 175 Å². The Morgan fingerprint density at radius 2 is 0.859 bits per heavy atom. The lowest BCUT2D eigenvalue weighted by Crippen LogP contribution is -2.60. The number of hydrogen-bond donors (Lipinski definition) is 6. The molecule has 1 saturated heterocycles. The second-order valence-electron chi connectivity index (χ2n) is 22.8. The third kappa shape index (κ3) is 45.3. The van der Waals surface area contributed by atoms with Crippen LogP contribution >= 0.6 is 0 Å². The number of carbonyl (C=O) groups excluding carboxylic acids is 2. The fourth-order valence-electron chi connectivity index (χ4n) is 10.2. The van der Waals surface area contributed by atoms with E-state index in [4.69, 9.17) is 14.2 Å². The molecule has 7 unspecified atom stereocenters. The number of carbonyl (C=O) groups is 2. The number of aliphatic hydroxyl groups excluding tert-OH is 5. The van der Waals surface area contributed by atoms with Gasteiger partial charge in [0.05, 0.1) is 32.0 Å². The zero-order chi connectivity index (χ0) is 56.6. The quantitative estimate of drug-likeness (QED) is 0.0195. The summed E-state index contributed by atoms with van der Waals surface area (Å²) in [6, 6.07) is -0.814. The standard InChI is InChI=1S/C67H123NO10/c1-3-5-7-9-11-13-14-15-16-29-32-35-39-43-47-51-55-63(72)76-56-52-48-44-40-36-33-30-27-25-23-21-19-17-18-20-22-24-26-28-31-34-38-42-46-50-54-62(71)68-59(60(70)53-49-45-41-37-12-10-8-6-4-2)58-77-67-66(75)65(74)64(73)61(57-69)78-67/h16,18-21,29,49,53,59-61,64-67,69-70,73-75H,3-15,17,22-28,30-48,50-52,54-58H2,1-2H3,(H,68,71)/b20-18-,21-19-,29-16-,53-49+. The van der Waals surface area contributed by atoms with E-state index in [2.05, 4.69) is 55.6 Å². The Balaban J connectivity index is 1.98. The lowest BCUT2D eigenvalue weighted by Gasteiger charge is -2.40. The molecule has 1 fully saturated rings. The Bertz CT molecular complexity index is 1430. The van der Waals surface area contributed by atoms with E-state index < -0.39 is 49.5 Å². The average Bonchev–Trinajstić information content (AvgIpc) is 3.43. The van der Waals surface area contributed by atoms with E-state index in [1.807, 2.05) is 6.08 Å². The molecule has 0 bridgehead atoms. The monoisotopic (exact) mass is 1100 g/mol. The number of nitrogens with one attached hydrogen (secondary N) is 1. The molecule has 1 aliphatic heterocycles. The molecule has 0 aromatic carbocycles. The fourth-order valence-corrected chi connectivity index (χ4v) is 10.2. The molecule has 6 N–H and O–H groups in total. The minimum Gasteiger partial charge on any atom is -0.466 e. The number of amides is 1. The molecule has 456 valence electrons. The summed E-state index contributed by atoms with van der Waals surface area (Å²) in [4.78, 5) is 25.1. The number of ether oxygens (including phenoxy) is 3. The van der Waals surface area contributed by atoms with Gasteiger partial charge in [0.25, 0.3) is 0 Å². The fraction of sp³-hybridized carbons (Fsp3) is 0.851. The van der Waals surface area contributed by atoms with E-state index in [1.165, 1.54) is 193 Å². The highest BCUT2D eigenvalue weighted by Gasteiger charge is 2.44. The van der Waals surface area contributed by atoms with Gasteiger partial charge in [-0.1, -0.05) is 249 Å². The van der Waals surface area contributed by atoms with Crippen LogP contribution in [0.4, 0.5) is 0 Å². The normalized spacial score (nSPS) is 18.8. The average molecular weight is 1100 g/mol. The number of rotatable bonds is 57. The zero-order valence-corrected chi connectivity index (χ0v) is 50.4. The van der Waals surface area contributed by atoms with Gasteiger partial charge in [0.1, 0.15) is 24.4 Å². The van der Waals surface area contributed by atoms with Crippen LogP contribution in [0.25, 0.3) is 0 Å². The van der Waals surface area contributed by atoms with Gasteiger partial charge in [-0.3, -0.25) is 9.59 Å². The van der Waals surface area contributed by atoms with Crippen LogP contribution in [0.3, 0.4) is 0 Å². The van der Waals surface area contributed by atoms with E-state index in [-0.39, 0.29) is 18.5 Å². The SMILES string of the molecule is CCCCCCCCC/C=C\CCCCCCCC(=O)OCCCCCCCCCCC/C=C\C/C=C\CCCCCCCCCCCC(=O)NC(COC1OC(CO)C(O)C(O)C1O)C(O)/C=C/CCCCCCCCC. The first-order valence-corrected chi connectivity index (χ1v) is 32.9. The molecule has 1 rings (SSSR count). The van der Waals surface area contributed by atoms with E-state index in [9.17, 15) is 35.1 Å². The molecule has 0 saturated carbocycles. The minimum atomic E-state index is -1.57. The summed E-state index contributed by atoms with van der Waals surface area (Å²) in [6.07, 6.45) is 62.4. The van der Waals surface area contributed by atoms with Crippen molar-refractivity contribution in [3.63, 3.8) is 0 Å². The third-order valence-electron chi connectivity index (χ3n) is 15.4. The molecule has 0 radical (unpaired) electrons. The second kappa shape index (κ2) is 56.5. The molecule has 7 atom stereocenters. The lowest BCUT2D eigenvalue weighted by atomic mass is 9.99. The maximum absolute atomic E-state index is 13.0. The summed E-state index contributed by atoms with van der Waals surface area (Å²) in [7, 11) is 0. The van der Waals surface area contributed by atoms with E-state index in [0.29, 0.717) is 19.4 Å². The summed E-state index contributed by atoms with van der Waals surface area (Å²) in [5, 5.41) is 54.2. The molecule has 11 heteroatoms. The van der Waals surface area contributed by atoms with Crippen molar-refractivity contribution < 1.29 is 49.3 Å². The Hall–Kier alpha value is -2.38. The molecular weight excluding hydrogens is 979 g/mol. The molecule has 1 heterocycles. The van der Waals surface area contributed by atoms with E-state index in [1.54, 1.807) is 6.08 Å². The second-order valence-corrected chi connectivity index (χ2v) is 22.8. The van der Waals surface area contributed by atoms with Crippen molar-refractivity contribution >= 4 is 11.9 Å². The van der Waals surface area contributed by atoms with Crippen molar-refractivity contribution in [2.45, 2.75) is 346 Å². The van der Waals surface area contributed by atoms with Crippen molar-refractivity contribution in [1.82, 2.24) is 5.32 Å². The van der Waals surface area contributed by atoms with Crippen LogP contribution in [-0.4, -0.2) is 100 Å².